The van der Waals surface area contributed by atoms with Crippen LogP contribution < -0.4 is 4.90 Å². The van der Waals surface area contributed by atoms with Gasteiger partial charge in [0.1, 0.15) is 23.3 Å². The zero-order chi connectivity index (χ0) is 25.6. The van der Waals surface area contributed by atoms with E-state index in [1.54, 1.807) is 30.5 Å². The Hall–Kier alpha value is -4.03. The zero-order valence-corrected chi connectivity index (χ0v) is 20.8. The molecule has 1 atom stereocenters. The summed E-state index contributed by atoms with van der Waals surface area (Å²) >= 11 is 0. The van der Waals surface area contributed by atoms with Gasteiger partial charge < -0.3 is 14.8 Å². The van der Waals surface area contributed by atoms with Crippen molar-refractivity contribution in [3.8, 4) is 17.5 Å². The van der Waals surface area contributed by atoms with Gasteiger partial charge in [0.25, 0.3) is 0 Å². The summed E-state index contributed by atoms with van der Waals surface area (Å²) in [6.45, 7) is 5.22. The minimum Gasteiger partial charge on any atom is -0.354 e. The normalized spacial score (nSPS) is 18.4. The van der Waals surface area contributed by atoms with Crippen molar-refractivity contribution in [1.82, 2.24) is 24.8 Å². The summed E-state index contributed by atoms with van der Waals surface area (Å²) < 4.78 is 13.7. The smallest absolute Gasteiger partial charge is 0.130 e. The summed E-state index contributed by atoms with van der Waals surface area (Å²) in [6, 6.07) is 14.9. The van der Waals surface area contributed by atoms with E-state index in [4.69, 9.17) is 15.7 Å². The number of pyridine rings is 1. The van der Waals surface area contributed by atoms with E-state index in [2.05, 4.69) is 25.8 Å². The molecule has 4 heterocycles. The van der Waals surface area contributed by atoms with E-state index in [0.29, 0.717) is 18.1 Å². The van der Waals surface area contributed by atoms with Crippen molar-refractivity contribution in [2.45, 2.75) is 25.3 Å². The molecule has 2 aromatic heterocycles. The number of halogens is 1. The highest BCUT2D eigenvalue weighted by Crippen LogP contribution is 2.32. The molecule has 0 saturated carbocycles. The first-order valence-corrected chi connectivity index (χ1v) is 12.8. The molecule has 0 aliphatic carbocycles. The number of aromatic amines is 1. The number of hydrogen-bond donors (Lipinski definition) is 2. The van der Waals surface area contributed by atoms with Crippen LogP contribution in [0.3, 0.4) is 0 Å². The monoisotopic (exact) mass is 498 g/mol. The van der Waals surface area contributed by atoms with Gasteiger partial charge in [-0.3, -0.25) is 10.3 Å². The van der Waals surface area contributed by atoms with Gasteiger partial charge in [-0.25, -0.2) is 14.4 Å². The molecule has 1 unspecified atom stereocenters. The van der Waals surface area contributed by atoms with Crippen LogP contribution in [0.25, 0.3) is 17.5 Å². The van der Waals surface area contributed by atoms with Crippen molar-refractivity contribution < 1.29 is 4.39 Å². The first-order valence-electron chi connectivity index (χ1n) is 12.8. The molecule has 2 saturated heterocycles. The summed E-state index contributed by atoms with van der Waals surface area (Å²) in [5.41, 5.74) is 2.54. The predicted molar refractivity (Wildman–Crippen MR) is 143 cm³/mol. The van der Waals surface area contributed by atoms with Gasteiger partial charge >= 0.3 is 0 Å². The van der Waals surface area contributed by atoms with E-state index in [1.165, 1.54) is 6.07 Å². The molecule has 2 aliphatic heterocycles. The number of nitrogens with one attached hydrogen (secondary N) is 2. The molecule has 0 bridgehead atoms. The highest BCUT2D eigenvalue weighted by molar-refractivity contribution is 5.94. The van der Waals surface area contributed by atoms with Gasteiger partial charge in [0.15, 0.2) is 0 Å². The molecule has 2 aliphatic rings. The third-order valence-electron chi connectivity index (χ3n) is 7.04. The van der Waals surface area contributed by atoms with Crippen molar-refractivity contribution in [3.63, 3.8) is 0 Å². The van der Waals surface area contributed by atoms with Crippen LogP contribution in [-0.2, 0) is 0 Å². The molecule has 3 aromatic rings. The largest absolute Gasteiger partial charge is 0.354 e. The Labute approximate surface area is 216 Å². The second-order valence-electron chi connectivity index (χ2n) is 9.42. The number of hydrogen-bond acceptors (Lipinski definition) is 6. The topological polar surface area (TPSA) is 98.9 Å². The molecule has 1 aromatic carbocycles. The maximum Gasteiger partial charge on any atom is 0.130 e. The number of benzene rings is 1. The number of amidine groups is 1. The molecule has 2 fully saturated rings. The average molecular weight is 499 g/mol. The van der Waals surface area contributed by atoms with Crippen LogP contribution in [0.1, 0.15) is 36.7 Å². The van der Waals surface area contributed by atoms with Crippen molar-refractivity contribution in [3.05, 3.63) is 71.9 Å². The average Bonchev–Trinajstić information content (AvgIpc) is 3.61. The fraction of sp³-hybridized carbons (Fsp3) is 0.357. The minimum atomic E-state index is -0.245. The molecular formula is C28H31FN8. The van der Waals surface area contributed by atoms with Crippen LogP contribution in [0.4, 0.5) is 10.2 Å². The lowest BCUT2D eigenvalue weighted by Gasteiger charge is -2.35. The van der Waals surface area contributed by atoms with E-state index in [-0.39, 0.29) is 11.9 Å². The van der Waals surface area contributed by atoms with Crippen molar-refractivity contribution >= 4 is 17.7 Å². The number of H-pyrrole nitrogens is 1. The van der Waals surface area contributed by atoms with Crippen LogP contribution in [0, 0.1) is 22.6 Å². The van der Waals surface area contributed by atoms with Gasteiger partial charge in [-0.2, -0.15) is 5.26 Å². The summed E-state index contributed by atoms with van der Waals surface area (Å²) in [6.07, 6.45) is 7.75. The van der Waals surface area contributed by atoms with E-state index < -0.39 is 0 Å². The summed E-state index contributed by atoms with van der Waals surface area (Å²) in [5, 5.41) is 17.4. The summed E-state index contributed by atoms with van der Waals surface area (Å²) in [4.78, 5) is 19.2. The summed E-state index contributed by atoms with van der Waals surface area (Å²) in [5.74, 6) is 1.73. The molecule has 37 heavy (non-hydrogen) atoms. The minimum absolute atomic E-state index is 0.0140. The Bertz CT molecular complexity index is 1300. The lowest BCUT2D eigenvalue weighted by atomic mass is 10.0. The fourth-order valence-corrected chi connectivity index (χ4v) is 5.08. The molecule has 9 heteroatoms. The molecule has 5 rings (SSSR count). The number of piperazine rings is 1. The second-order valence-corrected chi connectivity index (χ2v) is 9.42. The standard InChI is InChI=1S/C28H31FN8/c29-22-6-1-5-21(19-22)25-8-3-14-37(25)26(31)10-11-27-32-20-24(33-27)23-7-2-9-28(34-23)36-17-15-35(16-18-36)13-4-12-30/h1-2,5-7,9-11,19-20,25,31H,3-4,8,13-18H2,(H,32,33). The lowest BCUT2D eigenvalue weighted by Crippen LogP contribution is -2.46. The van der Waals surface area contributed by atoms with Gasteiger partial charge in [0.05, 0.1) is 29.7 Å². The Morgan fingerprint density at radius 3 is 2.81 bits per heavy atom. The molecular weight excluding hydrogens is 467 g/mol. The van der Waals surface area contributed by atoms with E-state index in [9.17, 15) is 4.39 Å². The number of imidazole rings is 1. The molecule has 2 N–H and O–H groups in total. The van der Waals surface area contributed by atoms with Gasteiger partial charge in [-0.1, -0.05) is 18.2 Å². The van der Waals surface area contributed by atoms with E-state index in [1.807, 2.05) is 29.2 Å². The van der Waals surface area contributed by atoms with Crippen LogP contribution in [0.2, 0.25) is 0 Å². The number of rotatable bonds is 7. The molecule has 0 radical (unpaired) electrons. The maximum atomic E-state index is 13.7. The van der Waals surface area contributed by atoms with Crippen molar-refractivity contribution in [2.24, 2.45) is 0 Å². The zero-order valence-electron chi connectivity index (χ0n) is 20.8. The third-order valence-corrected chi connectivity index (χ3v) is 7.04. The van der Waals surface area contributed by atoms with Crippen molar-refractivity contribution in [1.29, 1.82) is 10.7 Å². The Balaban J connectivity index is 1.22. The van der Waals surface area contributed by atoms with Crippen molar-refractivity contribution in [2.75, 3.05) is 44.2 Å². The molecule has 0 amide bonds. The van der Waals surface area contributed by atoms with Crippen LogP contribution in [-0.4, -0.2) is 69.9 Å². The SMILES string of the molecule is N#CCCN1CCN(c2cccc(-c3cnc(C=CC(=N)N4CCCC4c4cccc(F)c4)[nH]3)n2)CC1. The van der Waals surface area contributed by atoms with Gasteiger partial charge in [-0.15, -0.1) is 0 Å². The number of aromatic nitrogens is 3. The number of likely N-dealkylation sites (tertiary alicyclic amines) is 1. The first-order chi connectivity index (χ1) is 18.1. The highest BCUT2D eigenvalue weighted by atomic mass is 19.1. The van der Waals surface area contributed by atoms with Gasteiger partial charge in [-0.05, 0) is 54.8 Å². The highest BCUT2D eigenvalue weighted by Gasteiger charge is 2.27. The quantitative estimate of drug-likeness (QED) is 0.368. The van der Waals surface area contributed by atoms with Crippen LogP contribution >= 0.6 is 0 Å². The summed E-state index contributed by atoms with van der Waals surface area (Å²) in [7, 11) is 0. The fourth-order valence-electron chi connectivity index (χ4n) is 5.08. The molecule has 8 nitrogen and oxygen atoms in total. The Morgan fingerprint density at radius 1 is 1.16 bits per heavy atom. The van der Waals surface area contributed by atoms with Crippen LogP contribution in [0.15, 0.2) is 54.7 Å². The number of anilines is 1. The second kappa shape index (κ2) is 11.4. The van der Waals surface area contributed by atoms with Gasteiger partial charge in [0.2, 0.25) is 0 Å². The molecule has 0 spiro atoms. The maximum absolute atomic E-state index is 13.7. The predicted octanol–water partition coefficient (Wildman–Crippen LogP) is 4.47. The first kappa shape index (κ1) is 24.7. The number of nitrogens with zero attached hydrogens (tertiary/aromatic N) is 6. The Morgan fingerprint density at radius 2 is 2.00 bits per heavy atom. The van der Waals surface area contributed by atoms with Gasteiger partial charge in [0, 0.05) is 45.7 Å². The third kappa shape index (κ3) is 5.87. The van der Waals surface area contributed by atoms with Crippen LogP contribution in [0.5, 0.6) is 0 Å². The lowest BCUT2D eigenvalue weighted by molar-refractivity contribution is 0.263. The van der Waals surface area contributed by atoms with E-state index in [0.717, 1.165) is 74.9 Å². The number of nitriles is 1. The molecule has 190 valence electrons. The Kier molecular flexibility index (Phi) is 7.57. The van der Waals surface area contributed by atoms with E-state index >= 15 is 0 Å².